The van der Waals surface area contributed by atoms with Crippen LogP contribution in [-0.2, 0) is 6.42 Å². The SMILES string of the molecule is CCc1cc(C(=O)NC)no1. The summed E-state index contributed by atoms with van der Waals surface area (Å²) in [5, 5.41) is 6.03. The predicted octanol–water partition coefficient (Wildman–Crippen LogP) is 0.597. The highest BCUT2D eigenvalue weighted by molar-refractivity contribution is 5.91. The minimum Gasteiger partial charge on any atom is -0.361 e. The van der Waals surface area contributed by atoms with Crippen LogP contribution in [0.2, 0.25) is 0 Å². The first-order valence-electron chi connectivity index (χ1n) is 3.45. The summed E-state index contributed by atoms with van der Waals surface area (Å²) >= 11 is 0. The molecule has 0 aromatic carbocycles. The van der Waals surface area contributed by atoms with Crippen molar-refractivity contribution in [1.82, 2.24) is 10.5 Å². The van der Waals surface area contributed by atoms with Crippen LogP contribution in [-0.4, -0.2) is 18.1 Å². The van der Waals surface area contributed by atoms with E-state index in [1.165, 1.54) is 0 Å². The van der Waals surface area contributed by atoms with Gasteiger partial charge in [-0.25, -0.2) is 0 Å². The molecule has 4 nitrogen and oxygen atoms in total. The number of aromatic nitrogens is 1. The second kappa shape index (κ2) is 3.18. The number of carbonyl (C=O) groups is 1. The van der Waals surface area contributed by atoms with Crippen LogP contribution in [0.1, 0.15) is 23.2 Å². The molecule has 60 valence electrons. The van der Waals surface area contributed by atoms with Crippen LogP contribution in [0.15, 0.2) is 10.6 Å². The van der Waals surface area contributed by atoms with Crippen LogP contribution >= 0.6 is 0 Å². The third-order valence-electron chi connectivity index (χ3n) is 1.37. The summed E-state index contributed by atoms with van der Waals surface area (Å²) in [4.78, 5) is 10.9. The number of nitrogens with zero attached hydrogens (tertiary/aromatic N) is 1. The van der Waals surface area contributed by atoms with Gasteiger partial charge in [-0.1, -0.05) is 12.1 Å². The first kappa shape index (κ1) is 7.78. The fourth-order valence-electron chi connectivity index (χ4n) is 0.715. The quantitative estimate of drug-likeness (QED) is 0.678. The van der Waals surface area contributed by atoms with E-state index in [1.54, 1.807) is 13.1 Å². The van der Waals surface area contributed by atoms with Crippen molar-refractivity contribution in [2.75, 3.05) is 7.05 Å². The second-order valence-corrected chi connectivity index (χ2v) is 2.11. The van der Waals surface area contributed by atoms with E-state index in [0.29, 0.717) is 5.69 Å². The summed E-state index contributed by atoms with van der Waals surface area (Å²) in [6.45, 7) is 1.94. The Hall–Kier alpha value is -1.32. The minimum absolute atomic E-state index is 0.214. The Morgan fingerprint density at radius 1 is 1.82 bits per heavy atom. The van der Waals surface area contributed by atoms with Gasteiger partial charge in [-0.2, -0.15) is 0 Å². The monoisotopic (exact) mass is 154 g/mol. The van der Waals surface area contributed by atoms with Gasteiger partial charge in [0.05, 0.1) is 0 Å². The fraction of sp³-hybridized carbons (Fsp3) is 0.429. The third-order valence-corrected chi connectivity index (χ3v) is 1.37. The zero-order valence-electron chi connectivity index (χ0n) is 6.55. The molecule has 11 heavy (non-hydrogen) atoms. The van der Waals surface area contributed by atoms with Gasteiger partial charge in [0.15, 0.2) is 5.69 Å². The summed E-state index contributed by atoms with van der Waals surface area (Å²) in [5.74, 6) is 0.511. The average Bonchev–Trinajstić information content (AvgIpc) is 2.50. The molecule has 0 radical (unpaired) electrons. The molecule has 0 saturated carbocycles. The van der Waals surface area contributed by atoms with Crippen LogP contribution < -0.4 is 5.32 Å². The Kier molecular flexibility index (Phi) is 2.25. The van der Waals surface area contributed by atoms with Crippen LogP contribution in [0.25, 0.3) is 0 Å². The van der Waals surface area contributed by atoms with Crippen molar-refractivity contribution < 1.29 is 9.32 Å². The van der Waals surface area contributed by atoms with E-state index in [9.17, 15) is 4.79 Å². The summed E-state index contributed by atoms with van der Waals surface area (Å²) < 4.78 is 4.83. The smallest absolute Gasteiger partial charge is 0.273 e. The number of aryl methyl sites for hydroxylation is 1. The first-order valence-corrected chi connectivity index (χ1v) is 3.45. The zero-order chi connectivity index (χ0) is 8.27. The van der Waals surface area contributed by atoms with Gasteiger partial charge >= 0.3 is 0 Å². The molecule has 0 spiro atoms. The van der Waals surface area contributed by atoms with E-state index < -0.39 is 0 Å². The number of hydrogen-bond acceptors (Lipinski definition) is 3. The highest BCUT2D eigenvalue weighted by atomic mass is 16.5. The largest absolute Gasteiger partial charge is 0.361 e. The van der Waals surface area contributed by atoms with E-state index >= 15 is 0 Å². The number of hydrogen-bond donors (Lipinski definition) is 1. The van der Waals surface area contributed by atoms with Gasteiger partial charge in [0.25, 0.3) is 5.91 Å². The minimum atomic E-state index is -0.214. The van der Waals surface area contributed by atoms with E-state index in [2.05, 4.69) is 10.5 Å². The third kappa shape index (κ3) is 1.58. The van der Waals surface area contributed by atoms with Crippen molar-refractivity contribution in [3.05, 3.63) is 17.5 Å². The van der Waals surface area contributed by atoms with Crippen molar-refractivity contribution in [2.45, 2.75) is 13.3 Å². The lowest BCUT2D eigenvalue weighted by Gasteiger charge is -1.88. The molecule has 0 fully saturated rings. The predicted molar refractivity (Wildman–Crippen MR) is 39.3 cm³/mol. The van der Waals surface area contributed by atoms with Crippen molar-refractivity contribution >= 4 is 5.91 Å². The molecule has 0 unspecified atom stereocenters. The van der Waals surface area contributed by atoms with Crippen LogP contribution in [0, 0.1) is 0 Å². The molecule has 0 bridgehead atoms. The van der Waals surface area contributed by atoms with E-state index in [0.717, 1.165) is 12.2 Å². The van der Waals surface area contributed by atoms with E-state index in [4.69, 9.17) is 4.52 Å². The lowest BCUT2D eigenvalue weighted by atomic mass is 10.3. The maximum absolute atomic E-state index is 10.9. The molecule has 1 N–H and O–H groups in total. The fourth-order valence-corrected chi connectivity index (χ4v) is 0.715. The van der Waals surface area contributed by atoms with Gasteiger partial charge in [0.1, 0.15) is 5.76 Å². The van der Waals surface area contributed by atoms with Gasteiger partial charge in [-0.05, 0) is 0 Å². The molecule has 1 aromatic rings. The molecule has 1 rings (SSSR count). The standard InChI is InChI=1S/C7H10N2O2/c1-3-5-4-6(9-11-5)7(10)8-2/h4H,3H2,1-2H3,(H,8,10). The zero-order valence-corrected chi connectivity index (χ0v) is 6.55. The van der Waals surface area contributed by atoms with Crippen molar-refractivity contribution in [1.29, 1.82) is 0 Å². The summed E-state index contributed by atoms with van der Waals surface area (Å²) in [5.41, 5.74) is 0.337. The molecule has 0 atom stereocenters. The molecule has 0 saturated heterocycles. The highest BCUT2D eigenvalue weighted by Gasteiger charge is 2.08. The van der Waals surface area contributed by atoms with Gasteiger partial charge in [0, 0.05) is 19.5 Å². The van der Waals surface area contributed by atoms with Gasteiger partial charge in [0.2, 0.25) is 0 Å². The Labute approximate surface area is 64.6 Å². The Morgan fingerprint density at radius 3 is 3.00 bits per heavy atom. The average molecular weight is 154 g/mol. The molecular weight excluding hydrogens is 144 g/mol. The van der Waals surface area contributed by atoms with Crippen LogP contribution in [0.4, 0.5) is 0 Å². The van der Waals surface area contributed by atoms with Gasteiger partial charge in [-0.15, -0.1) is 0 Å². The lowest BCUT2D eigenvalue weighted by molar-refractivity contribution is 0.0954. The Morgan fingerprint density at radius 2 is 2.55 bits per heavy atom. The van der Waals surface area contributed by atoms with Gasteiger partial charge < -0.3 is 9.84 Å². The Balaban J connectivity index is 2.80. The van der Waals surface area contributed by atoms with Crippen molar-refractivity contribution in [2.24, 2.45) is 0 Å². The molecule has 0 aliphatic carbocycles. The highest BCUT2D eigenvalue weighted by Crippen LogP contribution is 2.02. The molecule has 0 aliphatic rings. The molecule has 1 aromatic heterocycles. The lowest BCUT2D eigenvalue weighted by Crippen LogP contribution is -2.17. The summed E-state index contributed by atoms with van der Waals surface area (Å²) in [6, 6.07) is 1.64. The normalized spacial score (nSPS) is 9.64. The topological polar surface area (TPSA) is 55.1 Å². The Bertz CT molecular complexity index is 255. The second-order valence-electron chi connectivity index (χ2n) is 2.11. The molecular formula is C7H10N2O2. The number of rotatable bonds is 2. The molecule has 1 amide bonds. The van der Waals surface area contributed by atoms with Crippen LogP contribution in [0.3, 0.4) is 0 Å². The molecule has 0 aliphatic heterocycles. The van der Waals surface area contributed by atoms with Crippen LogP contribution in [0.5, 0.6) is 0 Å². The first-order chi connectivity index (χ1) is 5.27. The maximum Gasteiger partial charge on any atom is 0.273 e. The van der Waals surface area contributed by atoms with Crippen molar-refractivity contribution in [3.8, 4) is 0 Å². The van der Waals surface area contributed by atoms with Gasteiger partial charge in [-0.3, -0.25) is 4.79 Å². The van der Waals surface area contributed by atoms with E-state index in [-0.39, 0.29) is 5.91 Å². The van der Waals surface area contributed by atoms with E-state index in [1.807, 2.05) is 6.92 Å². The number of carbonyl (C=O) groups excluding carboxylic acids is 1. The molecule has 4 heteroatoms. The molecule has 1 heterocycles. The summed E-state index contributed by atoms with van der Waals surface area (Å²) in [7, 11) is 1.56. The number of amides is 1. The maximum atomic E-state index is 10.9. The van der Waals surface area contributed by atoms with Crippen molar-refractivity contribution in [3.63, 3.8) is 0 Å². The summed E-state index contributed by atoms with van der Waals surface area (Å²) in [6.07, 6.45) is 0.754. The number of nitrogens with one attached hydrogen (secondary N) is 1.